The van der Waals surface area contributed by atoms with Crippen LogP contribution in [0.15, 0.2) is 54.6 Å². The van der Waals surface area contributed by atoms with Crippen molar-refractivity contribution in [1.29, 1.82) is 0 Å². The van der Waals surface area contributed by atoms with Crippen molar-refractivity contribution in [2.75, 3.05) is 26.3 Å². The fraction of sp³-hybridized carbons (Fsp3) is 0.381. The van der Waals surface area contributed by atoms with Gasteiger partial charge in [-0.2, -0.15) is 0 Å². The maximum Gasteiger partial charge on any atom is 0.173 e. The number of morpholine rings is 1. The Morgan fingerprint density at radius 3 is 2.48 bits per heavy atom. The number of ether oxygens (including phenoxy) is 1. The van der Waals surface area contributed by atoms with Gasteiger partial charge in [0.15, 0.2) is 5.82 Å². The van der Waals surface area contributed by atoms with Gasteiger partial charge < -0.3 is 4.74 Å². The van der Waals surface area contributed by atoms with Crippen LogP contribution in [-0.4, -0.2) is 51.4 Å². The molecule has 1 aromatic heterocycles. The number of hydrogen-bond acceptors (Lipinski definition) is 5. The molecule has 0 radical (unpaired) electrons. The molecule has 27 heavy (non-hydrogen) atoms. The standard InChI is InChI=1S/C21H25N5O/c1-17-7-9-19(10-8-17)20(25-13-15-27-16-14-25)21-22-23-24-26(21)12-11-18-5-3-2-4-6-18/h2-10,20H,11-16H2,1H3. The zero-order valence-electron chi connectivity index (χ0n) is 15.7. The van der Waals surface area contributed by atoms with Crippen LogP contribution in [0.3, 0.4) is 0 Å². The average molecular weight is 363 g/mol. The Labute approximate surface area is 159 Å². The van der Waals surface area contributed by atoms with Gasteiger partial charge in [0, 0.05) is 19.6 Å². The van der Waals surface area contributed by atoms with Crippen molar-refractivity contribution in [3.8, 4) is 0 Å². The van der Waals surface area contributed by atoms with Crippen molar-refractivity contribution in [3.05, 3.63) is 77.1 Å². The van der Waals surface area contributed by atoms with E-state index in [1.165, 1.54) is 16.7 Å². The van der Waals surface area contributed by atoms with Crippen LogP contribution in [-0.2, 0) is 17.7 Å². The smallest absolute Gasteiger partial charge is 0.173 e. The number of aromatic nitrogens is 4. The first kappa shape index (κ1) is 17.8. The Balaban J connectivity index is 1.62. The second-order valence-corrected chi connectivity index (χ2v) is 6.96. The Hall–Kier alpha value is -2.57. The van der Waals surface area contributed by atoms with Crippen molar-refractivity contribution in [2.45, 2.75) is 25.9 Å². The van der Waals surface area contributed by atoms with Crippen LogP contribution in [0.1, 0.15) is 28.6 Å². The number of nitrogens with zero attached hydrogens (tertiary/aromatic N) is 5. The molecule has 1 unspecified atom stereocenters. The summed E-state index contributed by atoms with van der Waals surface area (Å²) in [5.74, 6) is 0.900. The predicted octanol–water partition coefficient (Wildman–Crippen LogP) is 2.65. The molecule has 0 bridgehead atoms. The largest absolute Gasteiger partial charge is 0.379 e. The monoisotopic (exact) mass is 363 g/mol. The molecule has 0 amide bonds. The van der Waals surface area contributed by atoms with E-state index in [1.54, 1.807) is 0 Å². The molecule has 6 nitrogen and oxygen atoms in total. The number of tetrazole rings is 1. The molecule has 4 rings (SSSR count). The zero-order valence-corrected chi connectivity index (χ0v) is 15.7. The van der Waals surface area contributed by atoms with Crippen LogP contribution in [0.2, 0.25) is 0 Å². The topological polar surface area (TPSA) is 56.1 Å². The average Bonchev–Trinajstić information content (AvgIpc) is 3.18. The Morgan fingerprint density at radius 1 is 1.00 bits per heavy atom. The highest BCUT2D eigenvalue weighted by Crippen LogP contribution is 2.28. The summed E-state index contributed by atoms with van der Waals surface area (Å²) in [7, 11) is 0. The van der Waals surface area contributed by atoms with Crippen LogP contribution < -0.4 is 0 Å². The lowest BCUT2D eigenvalue weighted by molar-refractivity contribution is 0.0216. The van der Waals surface area contributed by atoms with Crippen LogP contribution in [0, 0.1) is 6.92 Å². The number of benzene rings is 2. The summed E-state index contributed by atoms with van der Waals surface area (Å²) in [4.78, 5) is 2.42. The van der Waals surface area contributed by atoms with Gasteiger partial charge in [-0.25, -0.2) is 4.68 Å². The lowest BCUT2D eigenvalue weighted by Gasteiger charge is -2.34. The summed E-state index contributed by atoms with van der Waals surface area (Å²) >= 11 is 0. The van der Waals surface area contributed by atoms with E-state index in [4.69, 9.17) is 4.74 Å². The van der Waals surface area contributed by atoms with E-state index in [2.05, 4.69) is 75.9 Å². The maximum absolute atomic E-state index is 5.56. The molecule has 2 aromatic carbocycles. The third-order valence-corrected chi connectivity index (χ3v) is 5.06. The highest BCUT2D eigenvalue weighted by atomic mass is 16.5. The quantitative estimate of drug-likeness (QED) is 0.674. The van der Waals surface area contributed by atoms with E-state index in [9.17, 15) is 0 Å². The summed E-state index contributed by atoms with van der Waals surface area (Å²) in [5.41, 5.74) is 3.76. The highest BCUT2D eigenvalue weighted by molar-refractivity contribution is 5.28. The van der Waals surface area contributed by atoms with E-state index in [0.29, 0.717) is 0 Å². The van der Waals surface area contributed by atoms with Gasteiger partial charge in [-0.05, 0) is 34.9 Å². The van der Waals surface area contributed by atoms with Gasteiger partial charge in [0.25, 0.3) is 0 Å². The molecule has 1 fully saturated rings. The summed E-state index contributed by atoms with van der Waals surface area (Å²) in [6, 6.07) is 19.2. The molecule has 140 valence electrons. The Kier molecular flexibility index (Phi) is 5.55. The molecule has 0 spiro atoms. The molecule has 6 heteroatoms. The normalized spacial score (nSPS) is 16.3. The molecule has 1 aliphatic heterocycles. The molecule has 0 aliphatic carbocycles. The third kappa shape index (κ3) is 4.23. The molecular formula is C21H25N5O. The SMILES string of the molecule is Cc1ccc(C(c2nnnn2CCc2ccccc2)N2CCOCC2)cc1. The maximum atomic E-state index is 5.56. The van der Waals surface area contributed by atoms with E-state index in [0.717, 1.165) is 45.1 Å². The molecule has 1 saturated heterocycles. The van der Waals surface area contributed by atoms with E-state index in [-0.39, 0.29) is 6.04 Å². The van der Waals surface area contributed by atoms with Crippen LogP contribution in [0.25, 0.3) is 0 Å². The van der Waals surface area contributed by atoms with E-state index in [1.807, 2.05) is 10.7 Å². The van der Waals surface area contributed by atoms with E-state index >= 15 is 0 Å². The molecule has 2 heterocycles. The van der Waals surface area contributed by atoms with Gasteiger partial charge in [-0.3, -0.25) is 4.90 Å². The van der Waals surface area contributed by atoms with Gasteiger partial charge in [0.1, 0.15) is 0 Å². The minimum absolute atomic E-state index is 0.0419. The second-order valence-electron chi connectivity index (χ2n) is 6.96. The third-order valence-electron chi connectivity index (χ3n) is 5.06. The second kappa shape index (κ2) is 8.41. The summed E-state index contributed by atoms with van der Waals surface area (Å²) in [6.45, 7) is 6.12. The minimum Gasteiger partial charge on any atom is -0.379 e. The minimum atomic E-state index is 0.0419. The van der Waals surface area contributed by atoms with Gasteiger partial charge in [0.2, 0.25) is 0 Å². The summed E-state index contributed by atoms with van der Waals surface area (Å²) < 4.78 is 7.51. The highest BCUT2D eigenvalue weighted by Gasteiger charge is 2.29. The number of hydrogen-bond donors (Lipinski definition) is 0. The predicted molar refractivity (Wildman–Crippen MR) is 103 cm³/mol. The van der Waals surface area contributed by atoms with Crippen molar-refractivity contribution in [3.63, 3.8) is 0 Å². The fourth-order valence-electron chi connectivity index (χ4n) is 3.55. The number of rotatable bonds is 6. The van der Waals surface area contributed by atoms with Crippen LogP contribution in [0.4, 0.5) is 0 Å². The summed E-state index contributed by atoms with van der Waals surface area (Å²) in [6.07, 6.45) is 0.905. The van der Waals surface area contributed by atoms with Crippen molar-refractivity contribution < 1.29 is 4.74 Å². The first-order valence-corrected chi connectivity index (χ1v) is 9.49. The lowest BCUT2D eigenvalue weighted by Crippen LogP contribution is -2.40. The Morgan fingerprint density at radius 2 is 1.74 bits per heavy atom. The molecule has 1 aliphatic rings. The van der Waals surface area contributed by atoms with Gasteiger partial charge in [-0.1, -0.05) is 60.2 Å². The van der Waals surface area contributed by atoms with E-state index < -0.39 is 0 Å². The van der Waals surface area contributed by atoms with Crippen LogP contribution >= 0.6 is 0 Å². The molecule has 0 saturated carbocycles. The summed E-state index contributed by atoms with van der Waals surface area (Å²) in [5, 5.41) is 12.7. The molecule has 1 atom stereocenters. The fourth-order valence-corrected chi connectivity index (χ4v) is 3.55. The number of aryl methyl sites for hydroxylation is 3. The van der Waals surface area contributed by atoms with Crippen LogP contribution in [0.5, 0.6) is 0 Å². The molecule has 3 aromatic rings. The first-order valence-electron chi connectivity index (χ1n) is 9.49. The van der Waals surface area contributed by atoms with Gasteiger partial charge in [-0.15, -0.1) is 5.10 Å². The van der Waals surface area contributed by atoms with Crippen molar-refractivity contribution in [1.82, 2.24) is 25.1 Å². The zero-order chi connectivity index (χ0) is 18.5. The molecular weight excluding hydrogens is 338 g/mol. The van der Waals surface area contributed by atoms with Gasteiger partial charge in [0.05, 0.1) is 19.3 Å². The lowest BCUT2D eigenvalue weighted by atomic mass is 10.0. The molecule has 0 N–H and O–H groups in total. The van der Waals surface area contributed by atoms with Crippen molar-refractivity contribution >= 4 is 0 Å². The Bertz CT molecular complexity index is 841. The first-order chi connectivity index (χ1) is 13.3. The van der Waals surface area contributed by atoms with Gasteiger partial charge >= 0.3 is 0 Å². The van der Waals surface area contributed by atoms with Crippen molar-refractivity contribution in [2.24, 2.45) is 0 Å².